The van der Waals surface area contributed by atoms with Crippen LogP contribution in [0.2, 0.25) is 0 Å². The summed E-state index contributed by atoms with van der Waals surface area (Å²) in [5, 5.41) is 26.6. The molecule has 0 saturated heterocycles. The van der Waals surface area contributed by atoms with E-state index in [4.69, 9.17) is 10.2 Å². The van der Waals surface area contributed by atoms with Crippen molar-refractivity contribution in [3.05, 3.63) is 29.6 Å². The van der Waals surface area contributed by atoms with Crippen LogP contribution < -0.4 is 0 Å². The van der Waals surface area contributed by atoms with Gasteiger partial charge >= 0.3 is 11.9 Å². The number of carbonyl (C=O) groups is 2. The van der Waals surface area contributed by atoms with E-state index in [1.54, 1.807) is 0 Å². The van der Waals surface area contributed by atoms with E-state index in [9.17, 15) is 19.1 Å². The predicted molar refractivity (Wildman–Crippen MR) is 50.7 cm³/mol. The molecule has 1 aromatic rings. The molecule has 86 valence electrons. The molecule has 3 N–H and O–H groups in total. The molecule has 0 aliphatic heterocycles. The molecule has 16 heavy (non-hydrogen) atoms. The number of hydrogen-bond donors (Lipinski definition) is 3. The minimum Gasteiger partial charge on any atom is -0.505 e. The number of carboxylic acid groups (broad SMARTS) is 2. The largest absolute Gasteiger partial charge is 0.505 e. The van der Waals surface area contributed by atoms with Crippen molar-refractivity contribution in [2.45, 2.75) is 12.3 Å². The maximum atomic E-state index is 13.0. The molecule has 0 amide bonds. The third-order valence-corrected chi connectivity index (χ3v) is 2.07. The normalized spacial score (nSPS) is 12.1. The maximum absolute atomic E-state index is 13.0. The molecule has 1 unspecified atom stereocenters. The first kappa shape index (κ1) is 12.0. The fourth-order valence-corrected chi connectivity index (χ4v) is 1.32. The molecule has 1 rings (SSSR count). The van der Waals surface area contributed by atoms with Crippen LogP contribution in [0.3, 0.4) is 0 Å². The summed E-state index contributed by atoms with van der Waals surface area (Å²) >= 11 is 0. The molecule has 0 radical (unpaired) electrons. The minimum atomic E-state index is -1.46. The highest BCUT2D eigenvalue weighted by atomic mass is 19.1. The molecule has 0 saturated carbocycles. The molecular weight excluding hydrogens is 219 g/mol. The summed E-state index contributed by atoms with van der Waals surface area (Å²) in [5.74, 6) is -6.03. The van der Waals surface area contributed by atoms with E-state index < -0.39 is 35.8 Å². The summed E-state index contributed by atoms with van der Waals surface area (Å²) in [6.45, 7) is 0. The highest BCUT2D eigenvalue weighted by Gasteiger charge is 2.26. The van der Waals surface area contributed by atoms with E-state index in [0.29, 0.717) is 0 Å². The number of carboxylic acids is 2. The summed E-state index contributed by atoms with van der Waals surface area (Å²) in [4.78, 5) is 21.2. The average Bonchev–Trinajstić information content (AvgIpc) is 2.18. The SMILES string of the molecule is O=C(O)CC(C(=O)O)c1cccc(F)c1O. The van der Waals surface area contributed by atoms with Crippen LogP contribution in [0.4, 0.5) is 4.39 Å². The van der Waals surface area contributed by atoms with Crippen LogP contribution in [0.1, 0.15) is 17.9 Å². The number of aromatic hydroxyl groups is 1. The lowest BCUT2D eigenvalue weighted by molar-refractivity contribution is -0.145. The third-order valence-electron chi connectivity index (χ3n) is 2.07. The highest BCUT2D eigenvalue weighted by molar-refractivity contribution is 5.83. The lowest BCUT2D eigenvalue weighted by Crippen LogP contribution is -2.16. The standard InChI is InChI=1S/C10H9FO5/c11-7-3-1-2-5(9(7)14)6(10(15)16)4-8(12)13/h1-3,6,14H,4H2,(H,12,13)(H,15,16). The number of hydrogen-bond acceptors (Lipinski definition) is 3. The second kappa shape index (κ2) is 4.61. The smallest absolute Gasteiger partial charge is 0.311 e. The van der Waals surface area contributed by atoms with Crippen LogP contribution in [-0.2, 0) is 9.59 Å². The second-order valence-corrected chi connectivity index (χ2v) is 3.17. The van der Waals surface area contributed by atoms with Gasteiger partial charge in [-0.05, 0) is 6.07 Å². The molecular formula is C10H9FO5. The van der Waals surface area contributed by atoms with E-state index in [1.807, 2.05) is 0 Å². The molecule has 0 spiro atoms. The quantitative estimate of drug-likeness (QED) is 0.719. The molecule has 5 nitrogen and oxygen atoms in total. The van der Waals surface area contributed by atoms with Gasteiger partial charge < -0.3 is 15.3 Å². The van der Waals surface area contributed by atoms with Crippen molar-refractivity contribution in [2.75, 3.05) is 0 Å². The summed E-state index contributed by atoms with van der Waals surface area (Å²) in [5.41, 5.74) is -0.241. The Morgan fingerprint density at radius 2 is 1.94 bits per heavy atom. The minimum absolute atomic E-state index is 0.241. The van der Waals surface area contributed by atoms with Crippen LogP contribution in [0.5, 0.6) is 5.75 Å². The number of aliphatic carboxylic acids is 2. The van der Waals surface area contributed by atoms with Crippen LogP contribution in [0.25, 0.3) is 0 Å². The van der Waals surface area contributed by atoms with Gasteiger partial charge in [-0.25, -0.2) is 4.39 Å². The number of phenols is 1. The van der Waals surface area contributed by atoms with Crippen molar-refractivity contribution in [1.29, 1.82) is 0 Å². The summed E-state index contributed by atoms with van der Waals surface area (Å²) in [6, 6.07) is 3.35. The van der Waals surface area contributed by atoms with Crippen LogP contribution >= 0.6 is 0 Å². The zero-order valence-electron chi connectivity index (χ0n) is 8.05. The van der Waals surface area contributed by atoms with Crippen molar-refractivity contribution in [1.82, 2.24) is 0 Å². The van der Waals surface area contributed by atoms with E-state index in [2.05, 4.69) is 0 Å². The molecule has 0 heterocycles. The first-order valence-electron chi connectivity index (χ1n) is 4.35. The predicted octanol–water partition coefficient (Wildman–Crippen LogP) is 1.17. The zero-order chi connectivity index (χ0) is 12.3. The maximum Gasteiger partial charge on any atom is 0.311 e. The molecule has 0 aliphatic rings. The third kappa shape index (κ3) is 2.47. The van der Waals surface area contributed by atoms with Gasteiger partial charge in [0.2, 0.25) is 0 Å². The topological polar surface area (TPSA) is 94.8 Å². The average molecular weight is 228 g/mol. The van der Waals surface area contributed by atoms with Gasteiger partial charge in [0.05, 0.1) is 12.3 Å². The van der Waals surface area contributed by atoms with Crippen LogP contribution in [-0.4, -0.2) is 27.3 Å². The Balaban J connectivity index is 3.16. The molecule has 0 aliphatic carbocycles. The van der Waals surface area contributed by atoms with Crippen molar-refractivity contribution in [3.8, 4) is 5.75 Å². The zero-order valence-corrected chi connectivity index (χ0v) is 8.05. The second-order valence-electron chi connectivity index (χ2n) is 3.17. The van der Waals surface area contributed by atoms with Gasteiger partial charge in [0.15, 0.2) is 11.6 Å². The summed E-state index contributed by atoms with van der Waals surface area (Å²) in [6.07, 6.45) is -0.716. The van der Waals surface area contributed by atoms with Crippen LogP contribution in [0, 0.1) is 5.82 Å². The van der Waals surface area contributed by atoms with E-state index >= 15 is 0 Å². The van der Waals surface area contributed by atoms with Crippen molar-refractivity contribution >= 4 is 11.9 Å². The fraction of sp³-hybridized carbons (Fsp3) is 0.200. The number of phenolic OH excluding ortho intramolecular Hbond substituents is 1. The van der Waals surface area contributed by atoms with Crippen molar-refractivity contribution in [2.24, 2.45) is 0 Å². The van der Waals surface area contributed by atoms with Gasteiger partial charge in [0.25, 0.3) is 0 Å². The Labute approximate surface area is 89.8 Å². The molecule has 6 heteroatoms. The molecule has 0 aromatic heterocycles. The monoisotopic (exact) mass is 228 g/mol. The van der Waals surface area contributed by atoms with Gasteiger partial charge in [0.1, 0.15) is 0 Å². The number of para-hydroxylation sites is 1. The van der Waals surface area contributed by atoms with Gasteiger partial charge in [-0.1, -0.05) is 12.1 Å². The summed E-state index contributed by atoms with van der Waals surface area (Å²) < 4.78 is 13.0. The van der Waals surface area contributed by atoms with E-state index in [-0.39, 0.29) is 5.56 Å². The van der Waals surface area contributed by atoms with Gasteiger partial charge in [-0.3, -0.25) is 9.59 Å². The fourth-order valence-electron chi connectivity index (χ4n) is 1.32. The van der Waals surface area contributed by atoms with Gasteiger partial charge in [-0.15, -0.1) is 0 Å². The Morgan fingerprint density at radius 1 is 1.31 bits per heavy atom. The van der Waals surface area contributed by atoms with Crippen LogP contribution in [0.15, 0.2) is 18.2 Å². The highest BCUT2D eigenvalue weighted by Crippen LogP contribution is 2.30. The first-order chi connectivity index (χ1) is 7.43. The lowest BCUT2D eigenvalue weighted by Gasteiger charge is -2.12. The summed E-state index contributed by atoms with van der Waals surface area (Å²) in [7, 11) is 0. The Kier molecular flexibility index (Phi) is 3.44. The number of rotatable bonds is 4. The molecule has 0 fully saturated rings. The van der Waals surface area contributed by atoms with Crippen molar-refractivity contribution in [3.63, 3.8) is 0 Å². The van der Waals surface area contributed by atoms with E-state index in [0.717, 1.165) is 6.07 Å². The lowest BCUT2D eigenvalue weighted by atomic mass is 9.95. The Hall–Kier alpha value is -2.11. The van der Waals surface area contributed by atoms with Crippen molar-refractivity contribution < 1.29 is 29.3 Å². The Bertz CT molecular complexity index is 429. The first-order valence-corrected chi connectivity index (χ1v) is 4.35. The number of benzene rings is 1. The molecule has 0 bridgehead atoms. The number of halogens is 1. The Morgan fingerprint density at radius 3 is 2.44 bits per heavy atom. The van der Waals surface area contributed by atoms with Gasteiger partial charge in [0, 0.05) is 5.56 Å². The molecule has 1 atom stereocenters. The van der Waals surface area contributed by atoms with E-state index in [1.165, 1.54) is 12.1 Å². The molecule has 1 aromatic carbocycles. The van der Waals surface area contributed by atoms with Gasteiger partial charge in [-0.2, -0.15) is 0 Å².